The number of hydrogen-bond acceptors (Lipinski definition) is 3. The molecule has 0 aromatic heterocycles. The van der Waals surface area contributed by atoms with E-state index in [2.05, 4.69) is 97.1 Å². The van der Waals surface area contributed by atoms with Crippen molar-refractivity contribution in [3.63, 3.8) is 0 Å². The number of ether oxygens (including phenoxy) is 3. The first-order valence-electron chi connectivity index (χ1n) is 11.5. The van der Waals surface area contributed by atoms with Crippen molar-refractivity contribution in [1.29, 1.82) is 0 Å². The van der Waals surface area contributed by atoms with E-state index >= 15 is 0 Å². The smallest absolute Gasteiger partial charge is 0.140 e. The molecule has 4 aromatic carbocycles. The summed E-state index contributed by atoms with van der Waals surface area (Å²) >= 11 is 0. The van der Waals surface area contributed by atoms with Gasteiger partial charge in [0.25, 0.3) is 0 Å². The van der Waals surface area contributed by atoms with Crippen molar-refractivity contribution in [2.24, 2.45) is 0 Å². The van der Waals surface area contributed by atoms with E-state index < -0.39 is 0 Å². The molecule has 0 radical (unpaired) electrons. The Balaban J connectivity index is 1.21. The summed E-state index contributed by atoms with van der Waals surface area (Å²) in [5, 5.41) is 0. The van der Waals surface area contributed by atoms with Gasteiger partial charge in [0.2, 0.25) is 0 Å². The van der Waals surface area contributed by atoms with E-state index in [1.54, 1.807) is 0 Å². The molecule has 2 atom stereocenters. The molecule has 2 aliphatic rings. The second kappa shape index (κ2) is 8.27. The molecule has 2 aliphatic heterocycles. The van der Waals surface area contributed by atoms with Gasteiger partial charge < -0.3 is 14.2 Å². The van der Waals surface area contributed by atoms with Gasteiger partial charge in [-0.25, -0.2) is 0 Å². The highest BCUT2D eigenvalue weighted by Gasteiger charge is 2.51. The molecule has 3 heteroatoms. The van der Waals surface area contributed by atoms with Crippen LogP contribution in [0.1, 0.15) is 11.1 Å². The highest BCUT2D eigenvalue weighted by atomic mass is 16.6. The van der Waals surface area contributed by atoms with Crippen molar-refractivity contribution in [2.75, 3.05) is 26.4 Å². The van der Waals surface area contributed by atoms with E-state index in [1.807, 2.05) is 12.1 Å². The molecule has 2 saturated heterocycles. The third-order valence-electron chi connectivity index (χ3n) is 6.66. The molecule has 0 aliphatic carbocycles. The van der Waals surface area contributed by atoms with Crippen molar-refractivity contribution in [3.05, 3.63) is 120 Å². The lowest BCUT2D eigenvalue weighted by Crippen LogP contribution is -2.24. The minimum absolute atomic E-state index is 0.387. The average Bonchev–Trinajstić information content (AvgIpc) is 3.83. The van der Waals surface area contributed by atoms with E-state index in [0.717, 1.165) is 0 Å². The van der Waals surface area contributed by atoms with Crippen LogP contribution in [-0.4, -0.2) is 26.4 Å². The largest absolute Gasteiger partial charge is 0.375 e. The molecular formula is C30H26O3. The van der Waals surface area contributed by atoms with Crippen molar-refractivity contribution >= 4 is 0 Å². The Morgan fingerprint density at radius 2 is 0.879 bits per heavy atom. The average molecular weight is 435 g/mol. The van der Waals surface area contributed by atoms with Crippen LogP contribution in [0.25, 0.3) is 22.3 Å². The van der Waals surface area contributed by atoms with E-state index in [1.165, 1.54) is 33.4 Å². The van der Waals surface area contributed by atoms with E-state index in [0.29, 0.717) is 26.4 Å². The van der Waals surface area contributed by atoms with Crippen LogP contribution in [0.15, 0.2) is 109 Å². The van der Waals surface area contributed by atoms with Crippen LogP contribution in [0.3, 0.4) is 0 Å². The Bertz CT molecular complexity index is 1140. The van der Waals surface area contributed by atoms with Crippen LogP contribution < -0.4 is 0 Å². The van der Waals surface area contributed by atoms with Gasteiger partial charge in [0.1, 0.15) is 11.2 Å². The molecule has 0 amide bonds. The van der Waals surface area contributed by atoms with Gasteiger partial charge in [0.05, 0.1) is 26.4 Å². The monoisotopic (exact) mass is 434 g/mol. The lowest BCUT2D eigenvalue weighted by Gasteiger charge is -2.20. The normalized spacial score (nSPS) is 23.3. The van der Waals surface area contributed by atoms with Gasteiger partial charge in [-0.05, 0) is 33.4 Å². The predicted octanol–water partition coefficient (Wildman–Crippen LogP) is 6.19. The summed E-state index contributed by atoms with van der Waals surface area (Å²) in [6.07, 6.45) is 0. The van der Waals surface area contributed by atoms with Gasteiger partial charge in [0.15, 0.2) is 0 Å². The van der Waals surface area contributed by atoms with Gasteiger partial charge in [-0.15, -0.1) is 0 Å². The van der Waals surface area contributed by atoms with E-state index in [9.17, 15) is 0 Å². The highest BCUT2D eigenvalue weighted by molar-refractivity contribution is 5.70. The maximum atomic E-state index is 6.33. The Morgan fingerprint density at radius 1 is 0.515 bits per heavy atom. The molecule has 164 valence electrons. The Hall–Kier alpha value is -3.24. The summed E-state index contributed by atoms with van der Waals surface area (Å²) in [7, 11) is 0. The summed E-state index contributed by atoms with van der Waals surface area (Å²) in [4.78, 5) is 0. The molecule has 0 spiro atoms. The molecule has 4 aromatic rings. The third kappa shape index (κ3) is 3.89. The van der Waals surface area contributed by atoms with Crippen molar-refractivity contribution in [3.8, 4) is 22.3 Å². The Morgan fingerprint density at radius 3 is 1.27 bits per heavy atom. The van der Waals surface area contributed by atoms with E-state index in [4.69, 9.17) is 14.2 Å². The summed E-state index contributed by atoms with van der Waals surface area (Å²) in [5.74, 6) is 0. The molecule has 2 unspecified atom stereocenters. The Kier molecular flexibility index (Phi) is 5.11. The standard InChI is InChI=1S/C30H26O3/c1-3-11-23(12-4-1)25-15-7-9-17-27(25)29(21-32-29)19-31-20-30(22-33-30)28-18-10-8-16-26(28)24-13-5-2-6-14-24/h1-18H,19-22H2. The van der Waals surface area contributed by atoms with Crippen LogP contribution in [0.4, 0.5) is 0 Å². The summed E-state index contributed by atoms with van der Waals surface area (Å²) < 4.78 is 18.4. The maximum absolute atomic E-state index is 6.33. The van der Waals surface area contributed by atoms with Crippen molar-refractivity contribution in [2.45, 2.75) is 11.2 Å². The molecule has 2 heterocycles. The summed E-state index contributed by atoms with van der Waals surface area (Å²) in [5.41, 5.74) is 6.39. The van der Waals surface area contributed by atoms with Crippen LogP contribution in [0.2, 0.25) is 0 Å². The van der Waals surface area contributed by atoms with Crippen LogP contribution >= 0.6 is 0 Å². The minimum atomic E-state index is -0.387. The zero-order valence-electron chi connectivity index (χ0n) is 18.4. The summed E-state index contributed by atoms with van der Waals surface area (Å²) in [6, 6.07) is 37.9. The first-order valence-corrected chi connectivity index (χ1v) is 11.5. The first-order chi connectivity index (χ1) is 16.3. The topological polar surface area (TPSA) is 34.3 Å². The van der Waals surface area contributed by atoms with Crippen molar-refractivity contribution in [1.82, 2.24) is 0 Å². The highest BCUT2D eigenvalue weighted by Crippen LogP contribution is 2.46. The number of benzene rings is 4. The predicted molar refractivity (Wildman–Crippen MR) is 130 cm³/mol. The number of hydrogen-bond donors (Lipinski definition) is 0. The van der Waals surface area contributed by atoms with Gasteiger partial charge >= 0.3 is 0 Å². The van der Waals surface area contributed by atoms with E-state index in [-0.39, 0.29) is 11.2 Å². The molecule has 2 fully saturated rings. The third-order valence-corrected chi connectivity index (χ3v) is 6.66. The molecule has 0 saturated carbocycles. The SMILES string of the molecule is c1ccc(-c2ccccc2C2(COCC3(c4ccccc4-c4ccccc4)CO3)CO2)cc1. The number of epoxide rings is 2. The van der Waals surface area contributed by atoms with Gasteiger partial charge in [-0.3, -0.25) is 0 Å². The molecule has 33 heavy (non-hydrogen) atoms. The van der Waals surface area contributed by atoms with Crippen LogP contribution in [0, 0.1) is 0 Å². The second-order valence-corrected chi connectivity index (χ2v) is 8.88. The fraction of sp³-hybridized carbons (Fsp3) is 0.200. The second-order valence-electron chi connectivity index (χ2n) is 8.88. The molecule has 3 nitrogen and oxygen atoms in total. The summed E-state index contributed by atoms with van der Waals surface area (Å²) in [6.45, 7) is 2.36. The minimum Gasteiger partial charge on any atom is -0.375 e. The quantitative estimate of drug-likeness (QED) is 0.310. The zero-order chi connectivity index (χ0) is 22.1. The fourth-order valence-electron chi connectivity index (χ4n) is 4.69. The van der Waals surface area contributed by atoms with Crippen LogP contribution in [0.5, 0.6) is 0 Å². The lowest BCUT2D eigenvalue weighted by molar-refractivity contribution is 0.0406. The van der Waals surface area contributed by atoms with Crippen molar-refractivity contribution < 1.29 is 14.2 Å². The molecular weight excluding hydrogens is 408 g/mol. The molecule has 0 N–H and O–H groups in total. The zero-order valence-corrected chi connectivity index (χ0v) is 18.4. The fourth-order valence-corrected chi connectivity index (χ4v) is 4.69. The first kappa shape index (κ1) is 20.4. The lowest BCUT2D eigenvalue weighted by atomic mass is 9.90. The molecule has 6 rings (SSSR count). The van der Waals surface area contributed by atoms with Gasteiger partial charge in [-0.2, -0.15) is 0 Å². The maximum Gasteiger partial charge on any atom is 0.140 e. The van der Waals surface area contributed by atoms with Gasteiger partial charge in [0, 0.05) is 0 Å². The van der Waals surface area contributed by atoms with Crippen LogP contribution in [-0.2, 0) is 25.4 Å². The molecule has 0 bridgehead atoms. The number of rotatable bonds is 8. The van der Waals surface area contributed by atoms with Gasteiger partial charge in [-0.1, -0.05) is 109 Å². The Labute approximate surface area is 194 Å².